The van der Waals surface area contributed by atoms with Crippen LogP contribution in [0.5, 0.6) is 5.75 Å². The summed E-state index contributed by atoms with van der Waals surface area (Å²) in [6.07, 6.45) is 0.233. The van der Waals surface area contributed by atoms with Gasteiger partial charge in [-0.3, -0.25) is 4.79 Å². The summed E-state index contributed by atoms with van der Waals surface area (Å²) in [5.41, 5.74) is 6.15. The number of benzene rings is 2. The number of halogens is 1. The topological polar surface area (TPSA) is 52.3 Å². The van der Waals surface area contributed by atoms with Crippen LogP contribution in [0.1, 0.15) is 5.56 Å². The first-order chi connectivity index (χ1) is 8.11. The highest BCUT2D eigenvalue weighted by atomic mass is 79.9. The van der Waals surface area contributed by atoms with Gasteiger partial charge in [-0.1, -0.05) is 22.0 Å². The fraction of sp³-hybridized carbons (Fsp3) is 0.154. The van der Waals surface area contributed by atoms with Crippen LogP contribution >= 0.6 is 15.9 Å². The van der Waals surface area contributed by atoms with Gasteiger partial charge in [-0.15, -0.1) is 0 Å². The Morgan fingerprint density at radius 3 is 2.71 bits per heavy atom. The molecule has 0 radical (unpaired) electrons. The zero-order valence-corrected chi connectivity index (χ0v) is 11.0. The predicted octanol–water partition coefficient (Wildman–Crippen LogP) is 2.64. The van der Waals surface area contributed by atoms with Crippen LogP contribution in [0.2, 0.25) is 0 Å². The van der Waals surface area contributed by atoms with Crippen molar-refractivity contribution in [2.75, 3.05) is 7.11 Å². The third kappa shape index (κ3) is 2.42. The molecule has 0 aliphatic carbocycles. The van der Waals surface area contributed by atoms with Crippen LogP contribution in [0, 0.1) is 0 Å². The Balaban J connectivity index is 2.67. The standard InChI is InChI=1S/C13H12BrNO2/c1-17-9-3-4-10-11(7-9)8(6-13(15)16)2-5-12(10)14/h2-5,7H,6H2,1H3,(H2,15,16). The van der Waals surface area contributed by atoms with Gasteiger partial charge in [-0.05, 0) is 40.6 Å². The lowest BCUT2D eigenvalue weighted by atomic mass is 10.0. The van der Waals surface area contributed by atoms with Gasteiger partial charge in [0, 0.05) is 4.47 Å². The van der Waals surface area contributed by atoms with Crippen LogP contribution in [0.4, 0.5) is 0 Å². The molecular formula is C13H12BrNO2. The largest absolute Gasteiger partial charge is 0.497 e. The molecule has 3 nitrogen and oxygen atoms in total. The van der Waals surface area contributed by atoms with Crippen LogP contribution in [-0.4, -0.2) is 13.0 Å². The van der Waals surface area contributed by atoms with E-state index < -0.39 is 0 Å². The number of nitrogens with two attached hydrogens (primary N) is 1. The molecule has 4 heteroatoms. The fourth-order valence-electron chi connectivity index (χ4n) is 1.82. The van der Waals surface area contributed by atoms with Crippen molar-refractivity contribution in [2.24, 2.45) is 5.73 Å². The number of primary amides is 1. The molecule has 2 aromatic carbocycles. The fourth-order valence-corrected chi connectivity index (χ4v) is 2.30. The number of carbonyl (C=O) groups is 1. The lowest BCUT2D eigenvalue weighted by Gasteiger charge is -2.08. The van der Waals surface area contributed by atoms with Crippen molar-refractivity contribution in [1.29, 1.82) is 0 Å². The van der Waals surface area contributed by atoms with Crippen molar-refractivity contribution in [3.05, 3.63) is 40.4 Å². The lowest BCUT2D eigenvalue weighted by molar-refractivity contribution is -0.117. The molecule has 0 spiro atoms. The quantitative estimate of drug-likeness (QED) is 0.946. The normalized spacial score (nSPS) is 10.5. The average molecular weight is 294 g/mol. The zero-order chi connectivity index (χ0) is 12.4. The molecule has 0 aliphatic rings. The van der Waals surface area contributed by atoms with E-state index in [2.05, 4.69) is 15.9 Å². The summed E-state index contributed by atoms with van der Waals surface area (Å²) in [7, 11) is 1.62. The summed E-state index contributed by atoms with van der Waals surface area (Å²) in [6, 6.07) is 9.59. The van der Waals surface area contributed by atoms with Gasteiger partial charge in [0.1, 0.15) is 5.75 Å². The van der Waals surface area contributed by atoms with Gasteiger partial charge < -0.3 is 10.5 Å². The van der Waals surface area contributed by atoms with E-state index in [1.165, 1.54) is 0 Å². The molecule has 0 atom stereocenters. The highest BCUT2D eigenvalue weighted by Crippen LogP contribution is 2.30. The van der Waals surface area contributed by atoms with E-state index in [4.69, 9.17) is 10.5 Å². The molecule has 0 aliphatic heterocycles. The van der Waals surface area contributed by atoms with Gasteiger partial charge in [0.05, 0.1) is 13.5 Å². The van der Waals surface area contributed by atoms with E-state index in [1.807, 2.05) is 30.3 Å². The maximum Gasteiger partial charge on any atom is 0.221 e. The number of ether oxygens (including phenoxy) is 1. The number of rotatable bonds is 3. The molecule has 0 saturated heterocycles. The molecule has 2 rings (SSSR count). The molecule has 0 bridgehead atoms. The van der Waals surface area contributed by atoms with Gasteiger partial charge in [0.2, 0.25) is 5.91 Å². The smallest absolute Gasteiger partial charge is 0.221 e. The first-order valence-electron chi connectivity index (χ1n) is 5.15. The molecule has 0 saturated carbocycles. The van der Waals surface area contributed by atoms with Crippen molar-refractivity contribution in [1.82, 2.24) is 0 Å². The minimum atomic E-state index is -0.337. The monoisotopic (exact) mass is 293 g/mol. The second-order valence-electron chi connectivity index (χ2n) is 3.76. The first-order valence-corrected chi connectivity index (χ1v) is 5.94. The second kappa shape index (κ2) is 4.75. The summed E-state index contributed by atoms with van der Waals surface area (Å²) >= 11 is 3.49. The molecular weight excluding hydrogens is 282 g/mol. The predicted molar refractivity (Wildman–Crippen MR) is 71.1 cm³/mol. The van der Waals surface area contributed by atoms with Crippen molar-refractivity contribution in [3.8, 4) is 5.75 Å². The average Bonchev–Trinajstić information content (AvgIpc) is 2.32. The third-order valence-electron chi connectivity index (χ3n) is 2.63. The maximum absolute atomic E-state index is 11.0. The molecule has 0 unspecified atom stereocenters. The Kier molecular flexibility index (Phi) is 3.33. The molecule has 0 fully saturated rings. The minimum Gasteiger partial charge on any atom is -0.497 e. The highest BCUT2D eigenvalue weighted by molar-refractivity contribution is 9.10. The lowest BCUT2D eigenvalue weighted by Crippen LogP contribution is -2.13. The molecule has 17 heavy (non-hydrogen) atoms. The van der Waals surface area contributed by atoms with E-state index in [-0.39, 0.29) is 12.3 Å². The number of hydrogen-bond acceptors (Lipinski definition) is 2. The highest BCUT2D eigenvalue weighted by Gasteiger charge is 2.08. The summed E-state index contributed by atoms with van der Waals surface area (Å²) in [6.45, 7) is 0. The van der Waals surface area contributed by atoms with Crippen LogP contribution < -0.4 is 10.5 Å². The van der Waals surface area contributed by atoms with Crippen LogP contribution in [0.3, 0.4) is 0 Å². The number of carbonyl (C=O) groups excluding carboxylic acids is 1. The Morgan fingerprint density at radius 1 is 1.29 bits per heavy atom. The molecule has 0 heterocycles. The zero-order valence-electron chi connectivity index (χ0n) is 9.37. The molecule has 1 amide bonds. The number of hydrogen-bond donors (Lipinski definition) is 1. The SMILES string of the molecule is COc1ccc2c(Br)ccc(CC(N)=O)c2c1. The second-order valence-corrected chi connectivity index (χ2v) is 4.62. The van der Waals surface area contributed by atoms with Crippen LogP contribution in [-0.2, 0) is 11.2 Å². The van der Waals surface area contributed by atoms with Crippen molar-refractivity contribution < 1.29 is 9.53 Å². The maximum atomic E-state index is 11.0. The number of amides is 1. The van der Waals surface area contributed by atoms with Crippen molar-refractivity contribution in [3.63, 3.8) is 0 Å². The number of methoxy groups -OCH3 is 1. The van der Waals surface area contributed by atoms with E-state index in [0.29, 0.717) is 0 Å². The van der Waals surface area contributed by atoms with Crippen molar-refractivity contribution >= 4 is 32.6 Å². The summed E-state index contributed by atoms with van der Waals surface area (Å²) < 4.78 is 6.18. The molecule has 2 N–H and O–H groups in total. The van der Waals surface area contributed by atoms with Gasteiger partial charge in [0.25, 0.3) is 0 Å². The summed E-state index contributed by atoms with van der Waals surface area (Å²) in [5, 5.41) is 2.03. The van der Waals surface area contributed by atoms with Crippen LogP contribution in [0.25, 0.3) is 10.8 Å². The Labute approximate surface area is 108 Å². The Morgan fingerprint density at radius 2 is 2.06 bits per heavy atom. The van der Waals surface area contributed by atoms with Crippen LogP contribution in [0.15, 0.2) is 34.8 Å². The van der Waals surface area contributed by atoms with Gasteiger partial charge in [0.15, 0.2) is 0 Å². The summed E-state index contributed by atoms with van der Waals surface area (Å²) in [5.74, 6) is 0.428. The van der Waals surface area contributed by atoms with E-state index in [9.17, 15) is 4.79 Å². The van der Waals surface area contributed by atoms with Gasteiger partial charge >= 0.3 is 0 Å². The summed E-state index contributed by atoms with van der Waals surface area (Å²) in [4.78, 5) is 11.0. The van der Waals surface area contributed by atoms with E-state index in [0.717, 1.165) is 26.6 Å². The van der Waals surface area contributed by atoms with E-state index >= 15 is 0 Å². The Bertz CT molecular complexity index is 581. The van der Waals surface area contributed by atoms with E-state index in [1.54, 1.807) is 7.11 Å². The molecule has 2 aromatic rings. The first kappa shape index (κ1) is 11.9. The third-order valence-corrected chi connectivity index (χ3v) is 3.32. The van der Waals surface area contributed by atoms with Crippen molar-refractivity contribution in [2.45, 2.75) is 6.42 Å². The minimum absolute atomic E-state index is 0.233. The Hall–Kier alpha value is -1.55. The van der Waals surface area contributed by atoms with Gasteiger partial charge in [-0.2, -0.15) is 0 Å². The molecule has 0 aromatic heterocycles. The van der Waals surface area contributed by atoms with Gasteiger partial charge in [-0.25, -0.2) is 0 Å². The number of fused-ring (bicyclic) bond motifs is 1. The molecule has 88 valence electrons.